The fourth-order valence-electron chi connectivity index (χ4n) is 2.78. The Morgan fingerprint density at radius 1 is 1.15 bits per heavy atom. The molecule has 6 heteroatoms. The minimum Gasteiger partial charge on any atom is -0.496 e. The van der Waals surface area contributed by atoms with Crippen molar-refractivity contribution < 1.29 is 9.53 Å². The third-order valence-electron chi connectivity index (χ3n) is 4.29. The van der Waals surface area contributed by atoms with E-state index in [-0.39, 0.29) is 18.1 Å². The number of hydrogen-bond donors (Lipinski definition) is 2. The number of hydrogen-bond acceptors (Lipinski definition) is 3. The van der Waals surface area contributed by atoms with Gasteiger partial charge in [-0.05, 0) is 44.8 Å². The van der Waals surface area contributed by atoms with Crippen LogP contribution in [0, 0.1) is 0 Å². The monoisotopic (exact) mass is 375 g/mol. The first kappa shape index (κ1) is 20.1. The molecule has 0 aliphatic heterocycles. The van der Waals surface area contributed by atoms with E-state index in [1.165, 1.54) is 0 Å². The normalized spacial score (nSPS) is 13.2. The van der Waals surface area contributed by atoms with E-state index in [9.17, 15) is 4.79 Å². The van der Waals surface area contributed by atoms with Crippen LogP contribution in [-0.4, -0.2) is 38.7 Å². The topological polar surface area (TPSA) is 53.6 Å². The molecule has 140 valence electrons. The van der Waals surface area contributed by atoms with Gasteiger partial charge in [0.1, 0.15) is 5.75 Å². The SMILES string of the molecule is COc1ccccc1C(CNC(=O)NC(C)c1ccc(Cl)cc1)N(C)C. The molecule has 5 nitrogen and oxygen atoms in total. The summed E-state index contributed by atoms with van der Waals surface area (Å²) in [5.41, 5.74) is 2.03. The van der Waals surface area contributed by atoms with Crippen LogP contribution in [-0.2, 0) is 0 Å². The van der Waals surface area contributed by atoms with Gasteiger partial charge < -0.3 is 20.3 Å². The predicted molar refractivity (Wildman–Crippen MR) is 106 cm³/mol. The van der Waals surface area contributed by atoms with Crippen LogP contribution in [0.25, 0.3) is 0 Å². The maximum absolute atomic E-state index is 12.3. The summed E-state index contributed by atoms with van der Waals surface area (Å²) in [5.74, 6) is 0.808. The van der Waals surface area contributed by atoms with E-state index >= 15 is 0 Å². The Hall–Kier alpha value is -2.24. The van der Waals surface area contributed by atoms with Crippen molar-refractivity contribution in [2.24, 2.45) is 0 Å². The van der Waals surface area contributed by atoms with Crippen molar-refractivity contribution in [3.05, 3.63) is 64.7 Å². The quantitative estimate of drug-likeness (QED) is 0.768. The molecule has 2 aromatic carbocycles. The molecule has 2 aromatic rings. The number of ether oxygens (including phenoxy) is 1. The molecule has 2 unspecified atom stereocenters. The lowest BCUT2D eigenvalue weighted by Crippen LogP contribution is -2.41. The molecule has 2 N–H and O–H groups in total. The van der Waals surface area contributed by atoms with Crippen molar-refractivity contribution in [1.29, 1.82) is 0 Å². The Labute approximate surface area is 160 Å². The second-order valence-electron chi connectivity index (χ2n) is 6.35. The average Bonchev–Trinajstić information content (AvgIpc) is 2.62. The molecule has 2 amide bonds. The van der Waals surface area contributed by atoms with Crippen LogP contribution in [0.5, 0.6) is 5.75 Å². The largest absolute Gasteiger partial charge is 0.496 e. The fraction of sp³-hybridized carbons (Fsp3) is 0.350. The lowest BCUT2D eigenvalue weighted by atomic mass is 10.0. The molecule has 0 saturated heterocycles. The summed E-state index contributed by atoms with van der Waals surface area (Å²) >= 11 is 5.90. The van der Waals surface area contributed by atoms with E-state index in [1.807, 2.05) is 69.6 Å². The number of nitrogens with one attached hydrogen (secondary N) is 2. The number of halogens is 1. The molecule has 0 aliphatic carbocycles. The average molecular weight is 376 g/mol. The van der Waals surface area contributed by atoms with Gasteiger partial charge >= 0.3 is 6.03 Å². The zero-order valence-corrected chi connectivity index (χ0v) is 16.4. The van der Waals surface area contributed by atoms with Crippen molar-refractivity contribution in [1.82, 2.24) is 15.5 Å². The highest BCUT2D eigenvalue weighted by atomic mass is 35.5. The zero-order valence-electron chi connectivity index (χ0n) is 15.6. The Balaban J connectivity index is 1.98. The van der Waals surface area contributed by atoms with E-state index in [0.29, 0.717) is 11.6 Å². The van der Waals surface area contributed by atoms with Crippen LogP contribution in [0.3, 0.4) is 0 Å². The van der Waals surface area contributed by atoms with Gasteiger partial charge in [0.05, 0.1) is 19.2 Å². The van der Waals surface area contributed by atoms with Crippen LogP contribution in [0.2, 0.25) is 5.02 Å². The lowest BCUT2D eigenvalue weighted by Gasteiger charge is -2.27. The number of benzene rings is 2. The fourth-order valence-corrected chi connectivity index (χ4v) is 2.91. The molecule has 26 heavy (non-hydrogen) atoms. The van der Waals surface area contributed by atoms with Gasteiger partial charge in [-0.3, -0.25) is 0 Å². The number of amides is 2. The van der Waals surface area contributed by atoms with E-state index in [4.69, 9.17) is 16.3 Å². The van der Waals surface area contributed by atoms with Crippen molar-refractivity contribution in [2.45, 2.75) is 19.0 Å². The second-order valence-corrected chi connectivity index (χ2v) is 6.79. The van der Waals surface area contributed by atoms with Crippen molar-refractivity contribution >= 4 is 17.6 Å². The number of carbonyl (C=O) groups is 1. The minimum absolute atomic E-state index is 0.00254. The van der Waals surface area contributed by atoms with Crippen LogP contribution in [0.1, 0.15) is 30.1 Å². The highest BCUT2D eigenvalue weighted by Gasteiger charge is 2.19. The first-order chi connectivity index (χ1) is 12.4. The van der Waals surface area contributed by atoms with Crippen LogP contribution < -0.4 is 15.4 Å². The summed E-state index contributed by atoms with van der Waals surface area (Å²) in [6.45, 7) is 2.40. The molecule has 0 spiro atoms. The lowest BCUT2D eigenvalue weighted by molar-refractivity contribution is 0.229. The predicted octanol–water partition coefficient (Wildman–Crippen LogP) is 4.01. The van der Waals surface area contributed by atoms with Crippen LogP contribution in [0.4, 0.5) is 4.79 Å². The Kier molecular flexibility index (Phi) is 7.30. The minimum atomic E-state index is -0.214. The molecule has 0 bridgehead atoms. The molecular weight excluding hydrogens is 350 g/mol. The first-order valence-electron chi connectivity index (χ1n) is 8.51. The van der Waals surface area contributed by atoms with E-state index in [0.717, 1.165) is 16.9 Å². The smallest absolute Gasteiger partial charge is 0.315 e. The Morgan fingerprint density at radius 2 is 1.81 bits per heavy atom. The third kappa shape index (κ3) is 5.38. The molecule has 0 aliphatic rings. The molecule has 0 radical (unpaired) electrons. The Bertz CT molecular complexity index is 719. The maximum atomic E-state index is 12.3. The second kappa shape index (κ2) is 9.46. The molecular formula is C20H26ClN3O2. The van der Waals surface area contributed by atoms with Gasteiger partial charge in [-0.25, -0.2) is 4.79 Å². The maximum Gasteiger partial charge on any atom is 0.315 e. The molecule has 0 fully saturated rings. The summed E-state index contributed by atoms with van der Waals surface area (Å²) in [6, 6.07) is 15.0. The standard InChI is InChI=1S/C20H26ClN3O2/c1-14(15-9-11-16(21)12-10-15)23-20(25)22-13-18(24(2)3)17-7-5-6-8-19(17)26-4/h5-12,14,18H,13H2,1-4H3,(H2,22,23,25). The van der Waals surface area contributed by atoms with E-state index in [1.54, 1.807) is 7.11 Å². The number of para-hydroxylation sites is 1. The van der Waals surface area contributed by atoms with E-state index < -0.39 is 0 Å². The molecule has 0 aromatic heterocycles. The van der Waals surface area contributed by atoms with Crippen LogP contribution in [0.15, 0.2) is 48.5 Å². The molecule has 0 saturated carbocycles. The van der Waals surface area contributed by atoms with Gasteiger partial charge in [0, 0.05) is 17.1 Å². The number of urea groups is 1. The van der Waals surface area contributed by atoms with Gasteiger partial charge in [-0.2, -0.15) is 0 Å². The van der Waals surface area contributed by atoms with Gasteiger partial charge in [-0.15, -0.1) is 0 Å². The molecule has 0 heterocycles. The third-order valence-corrected chi connectivity index (χ3v) is 4.55. The first-order valence-corrected chi connectivity index (χ1v) is 8.89. The molecule has 2 rings (SSSR count). The van der Waals surface area contributed by atoms with Crippen LogP contribution >= 0.6 is 11.6 Å². The van der Waals surface area contributed by atoms with Gasteiger partial charge in [0.25, 0.3) is 0 Å². The summed E-state index contributed by atoms with van der Waals surface area (Å²) in [7, 11) is 5.61. The van der Waals surface area contributed by atoms with Crippen molar-refractivity contribution in [3.8, 4) is 5.75 Å². The summed E-state index contributed by atoms with van der Waals surface area (Å²) in [4.78, 5) is 14.4. The number of rotatable bonds is 7. The summed E-state index contributed by atoms with van der Waals surface area (Å²) in [6.07, 6.45) is 0. The number of likely N-dealkylation sites (N-methyl/N-ethyl adjacent to an activating group) is 1. The molecule has 2 atom stereocenters. The van der Waals surface area contributed by atoms with Gasteiger partial charge in [-0.1, -0.05) is 41.9 Å². The van der Waals surface area contributed by atoms with Crippen molar-refractivity contribution in [3.63, 3.8) is 0 Å². The summed E-state index contributed by atoms with van der Waals surface area (Å²) in [5, 5.41) is 6.58. The summed E-state index contributed by atoms with van der Waals surface area (Å²) < 4.78 is 5.45. The van der Waals surface area contributed by atoms with Crippen molar-refractivity contribution in [2.75, 3.05) is 27.7 Å². The highest BCUT2D eigenvalue weighted by molar-refractivity contribution is 6.30. The Morgan fingerprint density at radius 3 is 2.42 bits per heavy atom. The highest BCUT2D eigenvalue weighted by Crippen LogP contribution is 2.27. The number of methoxy groups -OCH3 is 1. The van der Waals surface area contributed by atoms with Gasteiger partial charge in [0.2, 0.25) is 0 Å². The number of carbonyl (C=O) groups excluding carboxylic acids is 1. The zero-order chi connectivity index (χ0) is 19.1. The van der Waals surface area contributed by atoms with Gasteiger partial charge in [0.15, 0.2) is 0 Å². The number of nitrogens with zero attached hydrogens (tertiary/aromatic N) is 1. The van der Waals surface area contributed by atoms with E-state index in [2.05, 4.69) is 15.5 Å².